The molecule has 0 aliphatic heterocycles. The maximum atomic E-state index is 13.4. The van der Waals surface area contributed by atoms with E-state index in [4.69, 9.17) is 0 Å². The van der Waals surface area contributed by atoms with Gasteiger partial charge >= 0.3 is 5.97 Å². The van der Waals surface area contributed by atoms with Gasteiger partial charge in [0.05, 0.1) is 9.82 Å². The average molecular weight is 559 g/mol. The van der Waals surface area contributed by atoms with Crippen LogP contribution in [0.5, 0.6) is 0 Å². The number of aromatic nitrogens is 1. The van der Waals surface area contributed by atoms with Gasteiger partial charge in [0.25, 0.3) is 5.69 Å². The molecule has 0 spiro atoms. The molecule has 0 radical (unpaired) electrons. The zero-order valence-corrected chi connectivity index (χ0v) is 22.8. The number of carboxylic acid groups (broad SMARTS) is 1. The number of carboxylic acids is 1. The Morgan fingerprint density at radius 1 is 1.10 bits per heavy atom. The minimum Gasteiger partial charge on any atom is -0.480 e. The van der Waals surface area contributed by atoms with Gasteiger partial charge < -0.3 is 15.4 Å². The fourth-order valence-corrected chi connectivity index (χ4v) is 6.16. The Bertz CT molecular complexity index is 1400. The Morgan fingerprint density at radius 3 is 2.44 bits per heavy atom. The molecular formula is C27H34N4O7S. The van der Waals surface area contributed by atoms with Gasteiger partial charge in [0.15, 0.2) is 0 Å². The van der Waals surface area contributed by atoms with Crippen molar-refractivity contribution in [2.24, 2.45) is 5.92 Å². The van der Waals surface area contributed by atoms with Gasteiger partial charge in [0.1, 0.15) is 6.04 Å². The summed E-state index contributed by atoms with van der Waals surface area (Å²) in [6.45, 7) is 3.88. The predicted octanol–water partition coefficient (Wildman–Crippen LogP) is 4.10. The Morgan fingerprint density at radius 2 is 1.79 bits per heavy atom. The van der Waals surface area contributed by atoms with E-state index in [9.17, 15) is 33.2 Å². The number of para-hydroxylation sites is 1. The summed E-state index contributed by atoms with van der Waals surface area (Å²) in [5.41, 5.74) is 1.81. The van der Waals surface area contributed by atoms with Crippen LogP contribution in [-0.4, -0.2) is 58.7 Å². The van der Waals surface area contributed by atoms with Gasteiger partial charge in [-0.3, -0.25) is 19.7 Å². The van der Waals surface area contributed by atoms with Gasteiger partial charge in [-0.2, -0.15) is 4.31 Å². The van der Waals surface area contributed by atoms with Gasteiger partial charge in [-0.25, -0.2) is 8.42 Å². The second-order valence-electron chi connectivity index (χ2n) is 9.78. The summed E-state index contributed by atoms with van der Waals surface area (Å²) < 4.78 is 27.7. The Kier molecular flexibility index (Phi) is 10.2. The Hall–Kier alpha value is -3.77. The number of sulfonamides is 1. The number of aromatic amines is 1. The molecule has 3 aromatic rings. The molecule has 0 bridgehead atoms. The van der Waals surface area contributed by atoms with E-state index in [1.54, 1.807) is 13.8 Å². The molecule has 12 heteroatoms. The van der Waals surface area contributed by atoms with E-state index in [1.165, 1.54) is 0 Å². The number of nitrogens with one attached hydrogen (secondary N) is 2. The van der Waals surface area contributed by atoms with E-state index in [0.29, 0.717) is 32.2 Å². The standard InChI is InChI=1S/C27H34N4O7S/c1-19(2)18-30(39(37,38)22-13-11-21(12-14-22)31(35)36)25(27(33)34)9-5-6-16-28-26(32)15-10-20-17-29-24-8-4-3-7-23(20)24/h3-4,7-8,11-14,17,19,25,29H,5-6,9-10,15-16,18H2,1-2H3,(H,28,32)(H,33,34)/t25-/m0/s1. The topological polar surface area (TPSA) is 163 Å². The Labute approximate surface area is 227 Å². The molecule has 0 unspecified atom stereocenters. The van der Waals surface area contributed by atoms with Crippen molar-refractivity contribution in [2.75, 3.05) is 13.1 Å². The number of hydrogen-bond acceptors (Lipinski definition) is 6. The number of nitro groups is 1. The molecule has 2 aromatic carbocycles. The molecular weight excluding hydrogens is 524 g/mol. The van der Waals surface area contributed by atoms with Crippen LogP contribution in [-0.2, 0) is 26.0 Å². The third-order valence-corrected chi connectivity index (χ3v) is 8.24. The lowest BCUT2D eigenvalue weighted by Gasteiger charge is -2.29. The molecule has 0 aliphatic rings. The summed E-state index contributed by atoms with van der Waals surface area (Å²) in [5.74, 6) is -1.54. The van der Waals surface area contributed by atoms with E-state index in [1.807, 2.05) is 30.5 Å². The summed E-state index contributed by atoms with van der Waals surface area (Å²) in [6, 6.07) is 10.9. The number of hydrogen-bond donors (Lipinski definition) is 3. The first-order valence-corrected chi connectivity index (χ1v) is 14.3. The van der Waals surface area contributed by atoms with Crippen molar-refractivity contribution in [3.05, 3.63) is 70.4 Å². The van der Waals surface area contributed by atoms with E-state index in [-0.39, 0.29) is 35.4 Å². The predicted molar refractivity (Wildman–Crippen MR) is 147 cm³/mol. The van der Waals surface area contributed by atoms with Gasteiger partial charge in [-0.05, 0) is 55.4 Å². The summed E-state index contributed by atoms with van der Waals surface area (Å²) in [7, 11) is -4.23. The minimum atomic E-state index is -4.23. The highest BCUT2D eigenvalue weighted by Gasteiger charge is 2.36. The largest absolute Gasteiger partial charge is 0.480 e. The Balaban J connectivity index is 1.55. The lowest BCUT2D eigenvalue weighted by atomic mass is 10.1. The quantitative estimate of drug-likeness (QED) is 0.144. The molecule has 1 heterocycles. The number of non-ortho nitro benzene ring substituents is 1. The number of rotatable bonds is 15. The molecule has 1 amide bonds. The second-order valence-corrected chi connectivity index (χ2v) is 11.7. The molecule has 3 N–H and O–H groups in total. The summed E-state index contributed by atoms with van der Waals surface area (Å²) >= 11 is 0. The molecule has 39 heavy (non-hydrogen) atoms. The van der Waals surface area contributed by atoms with Crippen molar-refractivity contribution in [2.45, 2.75) is 56.9 Å². The average Bonchev–Trinajstić information content (AvgIpc) is 3.31. The van der Waals surface area contributed by atoms with Gasteiger partial charge in [-0.15, -0.1) is 0 Å². The van der Waals surface area contributed by atoms with E-state index in [2.05, 4.69) is 10.3 Å². The van der Waals surface area contributed by atoms with Crippen LogP contribution in [0.3, 0.4) is 0 Å². The summed E-state index contributed by atoms with van der Waals surface area (Å²) in [6.07, 6.45) is 3.72. The monoisotopic (exact) mass is 558 g/mol. The van der Waals surface area contributed by atoms with Crippen LogP contribution < -0.4 is 5.32 Å². The number of aryl methyl sites for hydroxylation is 1. The van der Waals surface area contributed by atoms with Crippen molar-refractivity contribution < 1.29 is 28.0 Å². The van der Waals surface area contributed by atoms with Crippen molar-refractivity contribution in [1.29, 1.82) is 0 Å². The molecule has 0 fully saturated rings. The number of carbonyl (C=O) groups excluding carboxylic acids is 1. The number of unbranched alkanes of at least 4 members (excludes halogenated alkanes) is 1. The van der Waals surface area contributed by atoms with E-state index < -0.39 is 27.0 Å². The number of amides is 1. The van der Waals surface area contributed by atoms with Crippen LogP contribution in [0.15, 0.2) is 59.6 Å². The van der Waals surface area contributed by atoms with E-state index >= 15 is 0 Å². The van der Waals surface area contributed by atoms with Crippen molar-refractivity contribution in [3.8, 4) is 0 Å². The fourth-order valence-electron chi connectivity index (χ4n) is 4.38. The number of aliphatic carboxylic acids is 1. The molecule has 3 rings (SSSR count). The third-order valence-electron chi connectivity index (χ3n) is 6.35. The van der Waals surface area contributed by atoms with Crippen LogP contribution in [0.4, 0.5) is 5.69 Å². The molecule has 1 aromatic heterocycles. The number of H-pyrrole nitrogens is 1. The molecule has 0 aliphatic carbocycles. The maximum absolute atomic E-state index is 13.4. The lowest BCUT2D eigenvalue weighted by molar-refractivity contribution is -0.384. The van der Waals surface area contributed by atoms with Crippen LogP contribution in [0.1, 0.15) is 45.1 Å². The van der Waals surface area contributed by atoms with Gasteiger partial charge in [0.2, 0.25) is 15.9 Å². The normalized spacial score (nSPS) is 12.6. The highest BCUT2D eigenvalue weighted by atomic mass is 32.2. The lowest BCUT2D eigenvalue weighted by Crippen LogP contribution is -2.46. The molecule has 11 nitrogen and oxygen atoms in total. The first-order chi connectivity index (χ1) is 18.5. The van der Waals surface area contributed by atoms with Crippen molar-refractivity contribution >= 4 is 38.5 Å². The number of fused-ring (bicyclic) bond motifs is 1. The second kappa shape index (κ2) is 13.3. The fraction of sp³-hybridized carbons (Fsp3) is 0.407. The number of nitro benzene ring substituents is 1. The first-order valence-electron chi connectivity index (χ1n) is 12.8. The highest BCUT2D eigenvalue weighted by Crippen LogP contribution is 2.25. The smallest absolute Gasteiger partial charge is 0.322 e. The molecule has 0 saturated carbocycles. The van der Waals surface area contributed by atoms with Crippen LogP contribution >= 0.6 is 0 Å². The first kappa shape index (κ1) is 29.8. The number of carbonyl (C=O) groups is 2. The van der Waals surface area contributed by atoms with Crippen molar-refractivity contribution in [1.82, 2.24) is 14.6 Å². The molecule has 1 atom stereocenters. The zero-order chi connectivity index (χ0) is 28.6. The van der Waals surface area contributed by atoms with Crippen LogP contribution in [0.25, 0.3) is 10.9 Å². The van der Waals surface area contributed by atoms with Crippen LogP contribution in [0.2, 0.25) is 0 Å². The third kappa shape index (κ3) is 7.87. The number of benzene rings is 2. The zero-order valence-electron chi connectivity index (χ0n) is 22.0. The number of nitrogens with zero attached hydrogens (tertiary/aromatic N) is 2. The maximum Gasteiger partial charge on any atom is 0.322 e. The van der Waals surface area contributed by atoms with Crippen LogP contribution in [0, 0.1) is 16.0 Å². The molecule has 0 saturated heterocycles. The SMILES string of the molecule is CC(C)CN([C@@H](CCCCNC(=O)CCc1c[nH]c2ccccc12)C(=O)O)S(=O)(=O)c1ccc([N+](=O)[O-])cc1. The van der Waals surface area contributed by atoms with Gasteiger partial charge in [0, 0.05) is 48.7 Å². The van der Waals surface area contributed by atoms with E-state index in [0.717, 1.165) is 45.0 Å². The molecule has 210 valence electrons. The summed E-state index contributed by atoms with van der Waals surface area (Å²) in [5, 5.41) is 24.8. The van der Waals surface area contributed by atoms with Crippen molar-refractivity contribution in [3.63, 3.8) is 0 Å². The summed E-state index contributed by atoms with van der Waals surface area (Å²) in [4.78, 5) is 37.7. The minimum absolute atomic E-state index is 0.0269. The van der Waals surface area contributed by atoms with Gasteiger partial charge in [-0.1, -0.05) is 32.0 Å². The highest BCUT2D eigenvalue weighted by molar-refractivity contribution is 7.89.